The molecule has 0 aliphatic rings. The highest BCUT2D eigenvalue weighted by atomic mass is 14.3. The molecule has 0 heterocycles. The molecular weight excluding hydrogens is 1010 g/mol. The molecule has 0 aromatic heterocycles. The SMILES string of the molecule is Cc1ccccc1-c1c2cc3c(cc2c(-c2ccccc2C)c2c4ccc5c6ccc(-c7c(C)cccc7C)c7cccc(c8ccc(c12)c4c85)c76)c1ccc2c4ccc(-c5c(C(C)C)cccc5C(C)C)c5cccc(c6ccc3c1c62)c54. The fraction of sp³-hybridized carbons (Fsp3) is 0.119. The fourth-order valence-corrected chi connectivity index (χ4v) is 16.8. The molecule has 0 bridgehead atoms. The Kier molecular flexibility index (Phi) is 9.71. The Morgan fingerprint density at radius 2 is 0.500 bits per heavy atom. The van der Waals surface area contributed by atoms with Crippen molar-refractivity contribution in [3.05, 3.63) is 240 Å². The van der Waals surface area contributed by atoms with Crippen LogP contribution in [0.5, 0.6) is 0 Å². The first-order chi connectivity index (χ1) is 41.0. The molecule has 0 aliphatic heterocycles. The zero-order valence-electron chi connectivity index (χ0n) is 48.8. The van der Waals surface area contributed by atoms with E-state index < -0.39 is 0 Å². The fourth-order valence-electron chi connectivity index (χ4n) is 16.8. The van der Waals surface area contributed by atoms with Gasteiger partial charge in [-0.05, 0) is 270 Å². The Morgan fingerprint density at radius 1 is 0.190 bits per heavy atom. The van der Waals surface area contributed by atoms with Gasteiger partial charge in [0.05, 0.1) is 0 Å². The predicted octanol–water partition coefficient (Wildman–Crippen LogP) is 24.6. The number of hydrogen-bond donors (Lipinski definition) is 0. The summed E-state index contributed by atoms with van der Waals surface area (Å²) >= 11 is 0. The van der Waals surface area contributed by atoms with Gasteiger partial charge in [-0.3, -0.25) is 0 Å². The van der Waals surface area contributed by atoms with Gasteiger partial charge in [0, 0.05) is 0 Å². The summed E-state index contributed by atoms with van der Waals surface area (Å²) in [6.45, 7) is 18.5. The molecule has 84 heavy (non-hydrogen) atoms. The lowest BCUT2D eigenvalue weighted by Gasteiger charge is -2.22. The van der Waals surface area contributed by atoms with Gasteiger partial charge in [-0.25, -0.2) is 0 Å². The van der Waals surface area contributed by atoms with Crippen molar-refractivity contribution in [2.75, 3.05) is 0 Å². The van der Waals surface area contributed by atoms with Crippen molar-refractivity contribution in [2.45, 2.75) is 67.2 Å². The molecule has 0 fully saturated rings. The van der Waals surface area contributed by atoms with E-state index >= 15 is 0 Å². The highest BCUT2D eigenvalue weighted by Gasteiger charge is 2.30. The smallest absolute Gasteiger partial charge is 0.000730 e. The molecule has 0 saturated heterocycles. The first-order valence-corrected chi connectivity index (χ1v) is 30.4. The van der Waals surface area contributed by atoms with Crippen LogP contribution < -0.4 is 0 Å². The number of hydrogen-bond acceptors (Lipinski definition) is 0. The molecule has 396 valence electrons. The molecule has 0 N–H and O–H groups in total. The van der Waals surface area contributed by atoms with Gasteiger partial charge in [0.25, 0.3) is 0 Å². The lowest BCUT2D eigenvalue weighted by molar-refractivity contribution is 0.838. The Hall–Kier alpha value is -9.62. The third kappa shape index (κ3) is 6.08. The average molecular weight is 1070 g/mol. The van der Waals surface area contributed by atoms with E-state index in [2.05, 4.69) is 262 Å². The Bertz CT molecular complexity index is 5610. The number of fused-ring (bicyclic) bond motifs is 11. The highest BCUT2D eigenvalue weighted by Crippen LogP contribution is 2.57. The summed E-state index contributed by atoms with van der Waals surface area (Å²) < 4.78 is 0. The molecule has 0 heteroatoms. The lowest BCUT2D eigenvalue weighted by atomic mass is 9.81. The minimum absolute atomic E-state index is 0.405. The minimum atomic E-state index is 0.405. The zero-order chi connectivity index (χ0) is 56.3. The van der Waals surface area contributed by atoms with Crippen LogP contribution in [0.4, 0.5) is 0 Å². The average Bonchev–Trinajstić information content (AvgIpc) is 1.70. The Balaban J connectivity index is 0.974. The van der Waals surface area contributed by atoms with Gasteiger partial charge in [0.1, 0.15) is 0 Å². The summed E-state index contributed by atoms with van der Waals surface area (Å²) in [5.74, 6) is 0.810. The molecular formula is C84H60. The van der Waals surface area contributed by atoms with E-state index in [0.717, 1.165) is 0 Å². The normalized spacial score (nSPS) is 12.7. The molecule has 0 saturated carbocycles. The summed E-state index contributed by atoms with van der Waals surface area (Å²) in [4.78, 5) is 0. The van der Waals surface area contributed by atoms with E-state index in [9.17, 15) is 0 Å². The first-order valence-electron chi connectivity index (χ1n) is 30.4. The van der Waals surface area contributed by atoms with Crippen molar-refractivity contribution < 1.29 is 0 Å². The van der Waals surface area contributed by atoms with E-state index in [-0.39, 0.29) is 0 Å². The molecule has 0 unspecified atom stereocenters. The van der Waals surface area contributed by atoms with E-state index in [1.807, 2.05) is 0 Å². The van der Waals surface area contributed by atoms with Crippen molar-refractivity contribution in [2.24, 2.45) is 0 Å². The molecule has 18 rings (SSSR count). The van der Waals surface area contributed by atoms with Crippen LogP contribution >= 0.6 is 0 Å². The molecule has 18 aromatic rings. The Labute approximate surface area is 488 Å². The second-order valence-corrected chi connectivity index (χ2v) is 25.4. The number of aryl methyl sites for hydroxylation is 4. The van der Waals surface area contributed by atoms with Crippen LogP contribution in [0.25, 0.3) is 185 Å². The van der Waals surface area contributed by atoms with Gasteiger partial charge in [-0.1, -0.05) is 222 Å². The van der Waals surface area contributed by atoms with Gasteiger partial charge in [-0.2, -0.15) is 0 Å². The molecule has 0 nitrogen and oxygen atoms in total. The molecule has 18 aromatic carbocycles. The lowest BCUT2D eigenvalue weighted by Crippen LogP contribution is -2.00. The third-order valence-electron chi connectivity index (χ3n) is 20.4. The second kappa shape index (κ2) is 17.0. The largest absolute Gasteiger partial charge is 0.0620 e. The van der Waals surface area contributed by atoms with Crippen molar-refractivity contribution >= 4 is 140 Å². The molecule has 0 radical (unpaired) electrons. The van der Waals surface area contributed by atoms with Crippen molar-refractivity contribution in [3.63, 3.8) is 0 Å². The molecule has 0 spiro atoms. The summed E-state index contributed by atoms with van der Waals surface area (Å²) in [7, 11) is 0. The Morgan fingerprint density at radius 3 is 0.929 bits per heavy atom. The summed E-state index contributed by atoms with van der Waals surface area (Å²) in [6.07, 6.45) is 0. The standard InChI is InChI=1S/C84H60/c1-43(2)49-23-14-24-50(44(3)4)74(49)58-31-32-60-63-34-36-66-70-42-72-71(41-69(70)65-35-33-61(79(63)81(65)66)55-28-16-26-54(58)76(55)60)77(51-21-11-9-17-45(51)5)83-67-39-37-62-56-27-15-25-53-57(73-47(7)19-13-20-48(73)8)29-30-59(75(53)56)64-38-40-68(82(67)80(62)64)84(83)78(72)52-22-12-10-18-46(52)6/h9-44H,1-8H3. The van der Waals surface area contributed by atoms with Gasteiger partial charge >= 0.3 is 0 Å². The highest BCUT2D eigenvalue weighted by molar-refractivity contribution is 6.48. The van der Waals surface area contributed by atoms with Crippen LogP contribution in [0.15, 0.2) is 206 Å². The van der Waals surface area contributed by atoms with Crippen molar-refractivity contribution in [1.29, 1.82) is 0 Å². The number of rotatable bonds is 6. The second-order valence-electron chi connectivity index (χ2n) is 25.4. The number of benzene rings is 16. The van der Waals surface area contributed by atoms with Gasteiger partial charge in [-0.15, -0.1) is 0 Å². The van der Waals surface area contributed by atoms with E-state index in [1.54, 1.807) is 0 Å². The quantitative estimate of drug-likeness (QED) is 0.115. The van der Waals surface area contributed by atoms with Crippen LogP contribution in [0.3, 0.4) is 0 Å². The maximum Gasteiger partial charge on any atom is -0.000730 e. The third-order valence-corrected chi connectivity index (χ3v) is 20.4. The summed E-state index contributed by atoms with van der Waals surface area (Å²) in [5.41, 5.74) is 18.6. The summed E-state index contributed by atoms with van der Waals surface area (Å²) in [6, 6.07) is 80.7. The van der Waals surface area contributed by atoms with Gasteiger partial charge < -0.3 is 0 Å². The van der Waals surface area contributed by atoms with E-state index in [1.165, 1.54) is 218 Å². The van der Waals surface area contributed by atoms with Crippen LogP contribution in [0.1, 0.15) is 72.9 Å². The predicted molar refractivity (Wildman–Crippen MR) is 368 cm³/mol. The van der Waals surface area contributed by atoms with Crippen molar-refractivity contribution in [3.8, 4) is 44.5 Å². The molecule has 0 atom stereocenters. The zero-order valence-corrected chi connectivity index (χ0v) is 48.8. The molecule has 0 aliphatic carbocycles. The maximum atomic E-state index is 2.61. The minimum Gasteiger partial charge on any atom is -0.0620 e. The van der Waals surface area contributed by atoms with Gasteiger partial charge in [0.15, 0.2) is 0 Å². The summed E-state index contributed by atoms with van der Waals surface area (Å²) in [5, 5.41) is 34.7. The van der Waals surface area contributed by atoms with Crippen LogP contribution in [0, 0.1) is 27.7 Å². The maximum absolute atomic E-state index is 2.61. The van der Waals surface area contributed by atoms with Crippen LogP contribution in [-0.2, 0) is 0 Å². The molecule has 0 amide bonds. The van der Waals surface area contributed by atoms with Crippen LogP contribution in [-0.4, -0.2) is 0 Å². The monoisotopic (exact) mass is 1070 g/mol. The van der Waals surface area contributed by atoms with E-state index in [0.29, 0.717) is 11.8 Å². The van der Waals surface area contributed by atoms with Gasteiger partial charge in [0.2, 0.25) is 0 Å². The first kappa shape index (κ1) is 48.0. The van der Waals surface area contributed by atoms with Crippen LogP contribution in [0.2, 0.25) is 0 Å². The topological polar surface area (TPSA) is 0 Å². The van der Waals surface area contributed by atoms with E-state index in [4.69, 9.17) is 0 Å². The van der Waals surface area contributed by atoms with Crippen molar-refractivity contribution in [1.82, 2.24) is 0 Å².